The van der Waals surface area contributed by atoms with Gasteiger partial charge >= 0.3 is 0 Å². The van der Waals surface area contributed by atoms with Gasteiger partial charge in [-0.25, -0.2) is 0 Å². The number of H-pyrrole nitrogens is 1. The van der Waals surface area contributed by atoms with E-state index >= 15 is 0 Å². The maximum Gasteiger partial charge on any atom is 0.258 e. The summed E-state index contributed by atoms with van der Waals surface area (Å²) >= 11 is 6.08. The zero-order chi connectivity index (χ0) is 18.5. The summed E-state index contributed by atoms with van der Waals surface area (Å²) in [6.45, 7) is 1.75. The summed E-state index contributed by atoms with van der Waals surface area (Å²) in [7, 11) is 0. The molecule has 1 unspecified atom stereocenters. The first-order chi connectivity index (χ1) is 13.1. The second-order valence-electron chi connectivity index (χ2n) is 6.66. The summed E-state index contributed by atoms with van der Waals surface area (Å²) in [5.74, 6) is 1.36. The van der Waals surface area contributed by atoms with Gasteiger partial charge in [-0.1, -0.05) is 60.1 Å². The predicted molar refractivity (Wildman–Crippen MR) is 106 cm³/mol. The smallest absolute Gasteiger partial charge is 0.258 e. The van der Waals surface area contributed by atoms with Crippen molar-refractivity contribution in [1.29, 1.82) is 0 Å². The first-order valence-electron chi connectivity index (χ1n) is 8.67. The number of hydrogen-bond donors (Lipinski definition) is 1. The van der Waals surface area contributed by atoms with Crippen LogP contribution in [0.2, 0.25) is 5.02 Å². The zero-order valence-electron chi connectivity index (χ0n) is 14.5. The second kappa shape index (κ2) is 5.96. The Bertz CT molecular complexity index is 1250. The van der Waals surface area contributed by atoms with Crippen LogP contribution in [0.15, 0.2) is 65.5 Å². The molecule has 1 aliphatic rings. The van der Waals surface area contributed by atoms with Crippen molar-refractivity contribution >= 4 is 22.4 Å². The van der Waals surface area contributed by atoms with Crippen molar-refractivity contribution in [2.45, 2.75) is 12.8 Å². The van der Waals surface area contributed by atoms with Gasteiger partial charge in [-0.3, -0.25) is 4.79 Å². The van der Waals surface area contributed by atoms with E-state index in [2.05, 4.69) is 16.0 Å². The molecular weight excluding hydrogens is 360 g/mol. The Morgan fingerprint density at radius 2 is 1.81 bits per heavy atom. The van der Waals surface area contributed by atoms with Crippen molar-refractivity contribution in [3.05, 3.63) is 98.6 Å². The van der Waals surface area contributed by atoms with Gasteiger partial charge in [0.05, 0.1) is 5.56 Å². The summed E-state index contributed by atoms with van der Waals surface area (Å²) in [5.41, 5.74) is 2.25. The summed E-state index contributed by atoms with van der Waals surface area (Å²) in [4.78, 5) is 20.1. The molecule has 0 saturated heterocycles. The average molecular weight is 375 g/mol. The minimum absolute atomic E-state index is 0.184. The Balaban J connectivity index is 1.86. The third-order valence-corrected chi connectivity index (χ3v) is 5.20. The van der Waals surface area contributed by atoms with E-state index in [1.807, 2.05) is 54.6 Å². The molecule has 1 aromatic heterocycles. The number of nitrogens with zero attached hydrogens (tertiary/aromatic N) is 1. The van der Waals surface area contributed by atoms with Crippen LogP contribution in [0, 0.1) is 6.92 Å². The zero-order valence-corrected chi connectivity index (χ0v) is 15.2. The quantitative estimate of drug-likeness (QED) is 0.440. The maximum absolute atomic E-state index is 12.8. The van der Waals surface area contributed by atoms with Crippen LogP contribution < -0.4 is 10.3 Å². The van der Waals surface area contributed by atoms with Crippen LogP contribution in [0.1, 0.15) is 28.4 Å². The van der Waals surface area contributed by atoms with Gasteiger partial charge in [0.1, 0.15) is 11.6 Å². The molecule has 1 atom stereocenters. The highest BCUT2D eigenvalue weighted by molar-refractivity contribution is 6.30. The largest absolute Gasteiger partial charge is 0.437 e. The minimum atomic E-state index is -0.275. The van der Waals surface area contributed by atoms with E-state index in [0.29, 0.717) is 22.3 Å². The van der Waals surface area contributed by atoms with Gasteiger partial charge in [0, 0.05) is 21.9 Å². The first kappa shape index (κ1) is 16.1. The van der Waals surface area contributed by atoms with Crippen LogP contribution in [0.3, 0.4) is 0 Å². The Morgan fingerprint density at radius 3 is 2.63 bits per heavy atom. The summed E-state index contributed by atoms with van der Waals surface area (Å²) in [6.07, 6.45) is 0. The average Bonchev–Trinajstić information content (AvgIpc) is 2.67. The summed E-state index contributed by atoms with van der Waals surface area (Å²) < 4.78 is 6.17. The lowest BCUT2D eigenvalue weighted by atomic mass is 9.83. The molecule has 1 aliphatic heterocycles. The number of aromatic amines is 1. The monoisotopic (exact) mass is 374 g/mol. The van der Waals surface area contributed by atoms with E-state index in [0.717, 1.165) is 27.6 Å². The van der Waals surface area contributed by atoms with Gasteiger partial charge in [-0.05, 0) is 30.0 Å². The topological polar surface area (TPSA) is 55.0 Å². The van der Waals surface area contributed by atoms with Gasteiger partial charge in [0.15, 0.2) is 0 Å². The molecule has 27 heavy (non-hydrogen) atoms. The van der Waals surface area contributed by atoms with Crippen molar-refractivity contribution in [1.82, 2.24) is 9.97 Å². The number of benzene rings is 3. The van der Waals surface area contributed by atoms with E-state index in [1.165, 1.54) is 0 Å². The third kappa shape index (κ3) is 2.53. The number of hydrogen-bond acceptors (Lipinski definition) is 3. The fourth-order valence-electron chi connectivity index (χ4n) is 3.76. The number of rotatable bonds is 1. The molecule has 3 aromatic carbocycles. The standard InChI is InChI=1S/C22H15ClN2O2/c1-12-24-21(26)19-18(14-6-9-15(23)10-7-14)17-11-8-13-4-2-3-5-16(13)20(17)27-22(19)25-12/h2-11,18H,1H3,(H,24,25,26). The Morgan fingerprint density at radius 1 is 1.04 bits per heavy atom. The highest BCUT2D eigenvalue weighted by Crippen LogP contribution is 2.47. The van der Waals surface area contributed by atoms with Crippen LogP contribution in [0.5, 0.6) is 11.6 Å². The number of halogens is 1. The lowest BCUT2D eigenvalue weighted by molar-refractivity contribution is 0.433. The molecule has 0 aliphatic carbocycles. The molecule has 0 bridgehead atoms. The Kier molecular flexibility index (Phi) is 3.55. The van der Waals surface area contributed by atoms with Crippen molar-refractivity contribution < 1.29 is 4.74 Å². The van der Waals surface area contributed by atoms with E-state index in [-0.39, 0.29) is 11.5 Å². The van der Waals surface area contributed by atoms with Crippen molar-refractivity contribution in [2.75, 3.05) is 0 Å². The minimum Gasteiger partial charge on any atom is -0.437 e. The number of aromatic nitrogens is 2. The number of nitrogens with one attached hydrogen (secondary N) is 1. The number of aryl methyl sites for hydroxylation is 1. The predicted octanol–water partition coefficient (Wildman–Crippen LogP) is 5.17. The molecule has 0 fully saturated rings. The summed E-state index contributed by atoms with van der Waals surface area (Å²) in [5, 5.41) is 2.73. The highest BCUT2D eigenvalue weighted by Gasteiger charge is 2.33. The van der Waals surface area contributed by atoms with Gasteiger partial charge in [-0.2, -0.15) is 4.98 Å². The van der Waals surface area contributed by atoms with Gasteiger partial charge in [0.2, 0.25) is 5.88 Å². The molecule has 5 heteroatoms. The second-order valence-corrected chi connectivity index (χ2v) is 7.10. The molecule has 4 aromatic rings. The van der Waals surface area contributed by atoms with E-state index in [4.69, 9.17) is 16.3 Å². The Hall–Kier alpha value is -3.11. The summed E-state index contributed by atoms with van der Waals surface area (Å²) in [6, 6.07) is 19.7. The van der Waals surface area contributed by atoms with Crippen molar-refractivity contribution in [3.8, 4) is 11.6 Å². The maximum atomic E-state index is 12.8. The Labute approximate surface area is 160 Å². The molecule has 2 heterocycles. The fraction of sp³-hybridized carbons (Fsp3) is 0.0909. The van der Waals surface area contributed by atoms with E-state index in [1.54, 1.807) is 6.92 Å². The van der Waals surface area contributed by atoms with Crippen LogP contribution in [0.25, 0.3) is 10.8 Å². The van der Waals surface area contributed by atoms with Crippen LogP contribution in [-0.4, -0.2) is 9.97 Å². The molecule has 0 saturated carbocycles. The molecule has 0 radical (unpaired) electrons. The fourth-order valence-corrected chi connectivity index (χ4v) is 3.88. The molecular formula is C22H15ClN2O2. The SMILES string of the molecule is Cc1nc2c(c(=O)[nH]1)C(c1ccc(Cl)cc1)c1ccc3ccccc3c1O2. The normalized spacial score (nSPS) is 15.1. The molecule has 4 nitrogen and oxygen atoms in total. The molecule has 0 amide bonds. The first-order valence-corrected chi connectivity index (χ1v) is 9.05. The van der Waals surface area contributed by atoms with Crippen LogP contribution >= 0.6 is 11.6 Å². The molecule has 132 valence electrons. The highest BCUT2D eigenvalue weighted by atomic mass is 35.5. The van der Waals surface area contributed by atoms with E-state index in [9.17, 15) is 4.79 Å². The third-order valence-electron chi connectivity index (χ3n) is 4.95. The number of ether oxygens (including phenoxy) is 1. The molecule has 5 rings (SSSR count). The number of fused-ring (bicyclic) bond motifs is 4. The van der Waals surface area contributed by atoms with Crippen LogP contribution in [-0.2, 0) is 0 Å². The van der Waals surface area contributed by atoms with E-state index < -0.39 is 0 Å². The van der Waals surface area contributed by atoms with Gasteiger partial charge in [0.25, 0.3) is 5.56 Å². The molecule has 0 spiro atoms. The van der Waals surface area contributed by atoms with Crippen molar-refractivity contribution in [3.63, 3.8) is 0 Å². The van der Waals surface area contributed by atoms with Gasteiger partial charge in [-0.15, -0.1) is 0 Å². The van der Waals surface area contributed by atoms with Crippen molar-refractivity contribution in [2.24, 2.45) is 0 Å². The molecule has 1 N–H and O–H groups in total. The lowest BCUT2D eigenvalue weighted by Gasteiger charge is -2.28. The van der Waals surface area contributed by atoms with Crippen LogP contribution in [0.4, 0.5) is 0 Å². The van der Waals surface area contributed by atoms with Gasteiger partial charge < -0.3 is 9.72 Å². The lowest BCUT2D eigenvalue weighted by Crippen LogP contribution is -2.24.